The molecule has 0 aliphatic rings. The number of hydrogen-bond acceptors (Lipinski definition) is 1. The molecule has 0 radical (unpaired) electrons. The first-order valence-electron chi connectivity index (χ1n) is 6.47. The summed E-state index contributed by atoms with van der Waals surface area (Å²) in [6.45, 7) is 6.25. The minimum atomic E-state index is -0.444. The van der Waals surface area contributed by atoms with Gasteiger partial charge in [0.25, 0.3) is 0 Å². The highest BCUT2D eigenvalue weighted by atomic mass is 79.9. The van der Waals surface area contributed by atoms with Crippen LogP contribution >= 0.6 is 15.9 Å². The van der Waals surface area contributed by atoms with E-state index in [4.69, 9.17) is 0 Å². The van der Waals surface area contributed by atoms with E-state index in [1.165, 1.54) is 11.1 Å². The lowest BCUT2D eigenvalue weighted by Crippen LogP contribution is -2.05. The van der Waals surface area contributed by atoms with Gasteiger partial charge in [-0.25, -0.2) is 0 Å². The molecule has 0 heterocycles. The number of aliphatic hydroxyl groups is 1. The third-order valence-corrected chi connectivity index (χ3v) is 4.11. The van der Waals surface area contributed by atoms with Gasteiger partial charge in [-0.05, 0) is 60.7 Å². The lowest BCUT2D eigenvalue weighted by Gasteiger charge is -2.16. The molecule has 2 heteroatoms. The summed E-state index contributed by atoms with van der Waals surface area (Å²) in [7, 11) is 0. The normalized spacial score (nSPS) is 12.5. The highest BCUT2D eigenvalue weighted by Crippen LogP contribution is 2.25. The third kappa shape index (κ3) is 3.46. The first kappa shape index (κ1) is 14.3. The Morgan fingerprint density at radius 1 is 0.947 bits per heavy atom. The summed E-state index contributed by atoms with van der Waals surface area (Å²) < 4.78 is 1.06. The van der Waals surface area contributed by atoms with E-state index in [2.05, 4.69) is 48.8 Å². The van der Waals surface area contributed by atoms with Gasteiger partial charge in [0.15, 0.2) is 0 Å². The topological polar surface area (TPSA) is 20.2 Å². The van der Waals surface area contributed by atoms with E-state index in [1.807, 2.05) is 24.3 Å². The lowest BCUT2D eigenvalue weighted by atomic mass is 9.94. The minimum Gasteiger partial charge on any atom is -0.388 e. The molecular formula is C17H19BrO. The van der Waals surface area contributed by atoms with Crippen molar-refractivity contribution < 1.29 is 5.11 Å². The maximum Gasteiger partial charge on any atom is 0.0833 e. The number of hydrogen-bond donors (Lipinski definition) is 1. The molecule has 2 rings (SSSR count). The van der Waals surface area contributed by atoms with Crippen molar-refractivity contribution in [2.75, 3.05) is 0 Å². The second-order valence-corrected chi connectivity index (χ2v) is 6.06. The van der Waals surface area contributed by atoms with E-state index in [0.717, 1.165) is 21.2 Å². The summed E-state index contributed by atoms with van der Waals surface area (Å²) in [5.41, 5.74) is 5.85. The van der Waals surface area contributed by atoms with Gasteiger partial charge in [0.1, 0.15) is 0 Å². The van der Waals surface area contributed by atoms with Gasteiger partial charge in [-0.3, -0.25) is 0 Å². The number of benzene rings is 2. The zero-order valence-electron chi connectivity index (χ0n) is 11.6. The van der Waals surface area contributed by atoms with Crippen LogP contribution in [0.5, 0.6) is 0 Å². The van der Waals surface area contributed by atoms with Gasteiger partial charge in [-0.2, -0.15) is 0 Å². The van der Waals surface area contributed by atoms with Gasteiger partial charge in [0.05, 0.1) is 6.10 Å². The molecule has 1 nitrogen and oxygen atoms in total. The smallest absolute Gasteiger partial charge is 0.0833 e. The Labute approximate surface area is 123 Å². The molecule has 0 saturated heterocycles. The van der Waals surface area contributed by atoms with Gasteiger partial charge in [0, 0.05) is 10.9 Å². The summed E-state index contributed by atoms with van der Waals surface area (Å²) in [5, 5.41) is 10.4. The molecule has 0 fully saturated rings. The Balaban J connectivity index is 2.22. The van der Waals surface area contributed by atoms with Gasteiger partial charge in [0.2, 0.25) is 0 Å². The maximum atomic E-state index is 10.4. The zero-order valence-corrected chi connectivity index (χ0v) is 13.2. The van der Waals surface area contributed by atoms with Crippen LogP contribution < -0.4 is 0 Å². The van der Waals surface area contributed by atoms with E-state index in [-0.39, 0.29) is 0 Å². The summed E-state index contributed by atoms with van der Waals surface area (Å²) in [4.78, 5) is 0. The molecule has 1 N–H and O–H groups in total. The molecule has 0 saturated carbocycles. The van der Waals surface area contributed by atoms with Crippen molar-refractivity contribution in [2.24, 2.45) is 0 Å². The Morgan fingerprint density at radius 2 is 1.53 bits per heavy atom. The van der Waals surface area contributed by atoms with Crippen molar-refractivity contribution >= 4 is 15.9 Å². The van der Waals surface area contributed by atoms with E-state index in [9.17, 15) is 5.11 Å². The van der Waals surface area contributed by atoms with Crippen LogP contribution in [0.25, 0.3) is 0 Å². The fraction of sp³-hybridized carbons (Fsp3) is 0.294. The molecule has 2 aromatic carbocycles. The lowest BCUT2D eigenvalue weighted by molar-refractivity contribution is 0.177. The van der Waals surface area contributed by atoms with Crippen LogP contribution in [0.15, 0.2) is 40.9 Å². The number of aliphatic hydroxyl groups excluding tert-OH is 1. The Bertz CT molecular complexity index is 573. The molecule has 0 aliphatic carbocycles. The van der Waals surface area contributed by atoms with Crippen LogP contribution in [0.2, 0.25) is 0 Å². The summed E-state index contributed by atoms with van der Waals surface area (Å²) in [6, 6.07) is 12.4. The Hall–Kier alpha value is -1.12. The first-order valence-corrected chi connectivity index (χ1v) is 7.27. The van der Waals surface area contributed by atoms with Gasteiger partial charge >= 0.3 is 0 Å². The fourth-order valence-corrected chi connectivity index (χ4v) is 2.56. The predicted molar refractivity (Wildman–Crippen MR) is 83.5 cm³/mol. The van der Waals surface area contributed by atoms with Crippen molar-refractivity contribution in [1.29, 1.82) is 0 Å². The van der Waals surface area contributed by atoms with E-state index >= 15 is 0 Å². The summed E-state index contributed by atoms with van der Waals surface area (Å²) >= 11 is 3.42. The number of rotatable bonds is 3. The van der Waals surface area contributed by atoms with Gasteiger partial charge in [-0.15, -0.1) is 0 Å². The van der Waals surface area contributed by atoms with Gasteiger partial charge in [-0.1, -0.05) is 40.2 Å². The Kier molecular flexibility index (Phi) is 4.43. The van der Waals surface area contributed by atoms with Crippen LogP contribution in [0.3, 0.4) is 0 Å². The van der Waals surface area contributed by atoms with Crippen LogP contribution in [-0.2, 0) is 6.42 Å². The molecule has 1 atom stereocenters. The van der Waals surface area contributed by atoms with E-state index < -0.39 is 6.10 Å². The van der Waals surface area contributed by atoms with Crippen LogP contribution in [-0.4, -0.2) is 5.11 Å². The van der Waals surface area contributed by atoms with Crippen molar-refractivity contribution in [3.05, 3.63) is 68.7 Å². The number of aryl methyl sites for hydroxylation is 3. The van der Waals surface area contributed by atoms with E-state index in [1.54, 1.807) is 0 Å². The Morgan fingerprint density at radius 3 is 2.16 bits per heavy atom. The zero-order chi connectivity index (χ0) is 14.0. The quantitative estimate of drug-likeness (QED) is 0.873. The summed E-state index contributed by atoms with van der Waals surface area (Å²) in [5.74, 6) is 0. The maximum absolute atomic E-state index is 10.4. The van der Waals surface area contributed by atoms with Crippen molar-refractivity contribution in [3.8, 4) is 0 Å². The average Bonchev–Trinajstić information content (AvgIpc) is 2.36. The molecule has 100 valence electrons. The van der Waals surface area contributed by atoms with Crippen molar-refractivity contribution in [1.82, 2.24) is 0 Å². The minimum absolute atomic E-state index is 0.444. The monoisotopic (exact) mass is 318 g/mol. The molecule has 0 bridgehead atoms. The average molecular weight is 319 g/mol. The molecule has 0 aromatic heterocycles. The highest BCUT2D eigenvalue weighted by molar-refractivity contribution is 9.10. The predicted octanol–water partition coefficient (Wildman–Crippen LogP) is 4.65. The van der Waals surface area contributed by atoms with Crippen molar-refractivity contribution in [2.45, 2.75) is 33.3 Å². The SMILES string of the molecule is Cc1cc(C)c(C(O)Cc2ccc(Br)cc2)cc1C. The molecule has 0 amide bonds. The number of halogens is 1. The highest BCUT2D eigenvalue weighted by Gasteiger charge is 2.12. The third-order valence-electron chi connectivity index (χ3n) is 3.58. The van der Waals surface area contributed by atoms with E-state index in [0.29, 0.717) is 6.42 Å². The van der Waals surface area contributed by atoms with Crippen LogP contribution in [0, 0.1) is 20.8 Å². The molecule has 0 spiro atoms. The van der Waals surface area contributed by atoms with Gasteiger partial charge < -0.3 is 5.11 Å². The van der Waals surface area contributed by atoms with Crippen molar-refractivity contribution in [3.63, 3.8) is 0 Å². The molecule has 2 aromatic rings. The second-order valence-electron chi connectivity index (χ2n) is 5.14. The van der Waals surface area contributed by atoms with Crippen LogP contribution in [0.1, 0.15) is 33.9 Å². The molecule has 19 heavy (non-hydrogen) atoms. The fourth-order valence-electron chi connectivity index (χ4n) is 2.30. The largest absolute Gasteiger partial charge is 0.388 e. The molecular weight excluding hydrogens is 300 g/mol. The summed E-state index contributed by atoms with van der Waals surface area (Å²) in [6.07, 6.45) is 0.205. The van der Waals surface area contributed by atoms with Crippen LogP contribution in [0.4, 0.5) is 0 Å². The molecule has 0 aliphatic heterocycles. The first-order chi connectivity index (χ1) is 8.97. The second kappa shape index (κ2) is 5.89. The standard InChI is InChI=1S/C17H19BrO/c1-11-8-13(3)16(9-12(11)2)17(19)10-14-4-6-15(18)7-5-14/h4-9,17,19H,10H2,1-3H3. The molecule has 1 unspecified atom stereocenters.